The second-order valence-corrected chi connectivity index (χ2v) is 7.88. The van der Waals surface area contributed by atoms with Gasteiger partial charge in [-0.3, -0.25) is 0 Å². The third-order valence-corrected chi connectivity index (χ3v) is 5.70. The lowest BCUT2D eigenvalue weighted by Crippen LogP contribution is -2.08. The van der Waals surface area contributed by atoms with Crippen molar-refractivity contribution in [3.05, 3.63) is 53.1 Å². The maximum absolute atomic E-state index is 12.0. The molecule has 6 heteroatoms. The van der Waals surface area contributed by atoms with Crippen LogP contribution in [0.3, 0.4) is 0 Å². The molecule has 0 amide bonds. The summed E-state index contributed by atoms with van der Waals surface area (Å²) in [5.41, 5.74) is 4.16. The molecule has 148 valence electrons. The van der Waals surface area contributed by atoms with Gasteiger partial charge in [0.2, 0.25) is 0 Å². The van der Waals surface area contributed by atoms with Crippen LogP contribution < -0.4 is 4.72 Å². The minimum atomic E-state index is -1.07. The number of rotatable bonds is 6. The van der Waals surface area contributed by atoms with Gasteiger partial charge in [-0.15, -0.1) is 0 Å². The molecule has 1 aromatic heterocycles. The number of hydrogen-bond acceptors (Lipinski definition) is 2. The van der Waals surface area contributed by atoms with E-state index in [1.807, 2.05) is 67.9 Å². The molecule has 0 aliphatic heterocycles. The molecule has 3 rings (SSSR count). The van der Waals surface area contributed by atoms with Crippen molar-refractivity contribution in [1.29, 1.82) is 5.26 Å². The molecule has 0 saturated carbocycles. The number of hydrogen-bond donors (Lipinski definition) is 1. The van der Waals surface area contributed by atoms with E-state index in [-0.39, 0.29) is 0 Å². The predicted molar refractivity (Wildman–Crippen MR) is 121 cm³/mol. The molecule has 0 saturated heterocycles. The summed E-state index contributed by atoms with van der Waals surface area (Å²) in [4.78, 5) is 0. The highest BCUT2D eigenvalue weighted by molar-refractivity contribution is 7.86. The monoisotopic (exact) mass is 415 g/mol. The Hall–Kier alpha value is -2.29. The lowest BCUT2D eigenvalue weighted by Gasteiger charge is -2.08. The number of unbranched alkanes of at least 4 members (excludes halogenated alkanes) is 1. The van der Waals surface area contributed by atoms with Gasteiger partial charge in [0, 0.05) is 34.4 Å². The van der Waals surface area contributed by atoms with Crippen LogP contribution in [0, 0.1) is 11.3 Å². The molecule has 0 aliphatic rings. The Morgan fingerprint density at radius 3 is 2.46 bits per heavy atom. The molecule has 4 nitrogen and oxygen atoms in total. The summed E-state index contributed by atoms with van der Waals surface area (Å²) < 4.78 is 17.0. The van der Waals surface area contributed by atoms with Gasteiger partial charge in [-0.05, 0) is 42.3 Å². The van der Waals surface area contributed by atoms with E-state index in [1.54, 1.807) is 0 Å². The van der Waals surface area contributed by atoms with E-state index in [4.69, 9.17) is 11.6 Å². The summed E-state index contributed by atoms with van der Waals surface area (Å²) in [6.45, 7) is 6.08. The molecule has 0 fully saturated rings. The van der Waals surface area contributed by atoms with Crippen LogP contribution in [0.25, 0.3) is 22.2 Å². The minimum absolute atomic E-state index is 0.609. The second kappa shape index (κ2) is 10.3. The van der Waals surface area contributed by atoms with E-state index < -0.39 is 11.0 Å². The second-order valence-electron chi connectivity index (χ2n) is 6.14. The molecule has 1 unspecified atom stereocenters. The van der Waals surface area contributed by atoms with Crippen LogP contribution in [-0.4, -0.2) is 14.5 Å². The molecule has 3 aromatic rings. The van der Waals surface area contributed by atoms with E-state index >= 15 is 0 Å². The first-order valence-corrected chi connectivity index (χ1v) is 11.2. The van der Waals surface area contributed by atoms with E-state index in [2.05, 4.69) is 17.7 Å². The molecular weight excluding hydrogens is 390 g/mol. The van der Waals surface area contributed by atoms with Crippen molar-refractivity contribution in [2.24, 2.45) is 7.05 Å². The van der Waals surface area contributed by atoms with Crippen LogP contribution >= 0.6 is 11.6 Å². The van der Waals surface area contributed by atoms with Crippen molar-refractivity contribution < 1.29 is 4.21 Å². The van der Waals surface area contributed by atoms with Crippen molar-refractivity contribution in [3.63, 3.8) is 0 Å². The van der Waals surface area contributed by atoms with Crippen LogP contribution in [0.4, 0.5) is 5.69 Å². The molecule has 0 radical (unpaired) electrons. The van der Waals surface area contributed by atoms with Gasteiger partial charge in [-0.25, -0.2) is 4.21 Å². The zero-order valence-electron chi connectivity index (χ0n) is 16.8. The van der Waals surface area contributed by atoms with Gasteiger partial charge in [-0.2, -0.15) is 5.26 Å². The van der Waals surface area contributed by atoms with Crippen LogP contribution in [0.2, 0.25) is 5.02 Å². The average molecular weight is 416 g/mol. The standard InChI is InChI=1S/C20H20ClN3OS.C2H6/c1-3-4-11-26(25)23-16-8-5-14(6-9-16)20-18(13-22)17-12-15(21)7-10-19(17)24(20)2;1-2/h5-10,12,23H,3-4,11H2,1-2H3;1-2H3. The maximum atomic E-state index is 12.0. The van der Waals surface area contributed by atoms with Gasteiger partial charge in [-0.1, -0.05) is 50.9 Å². The smallest absolute Gasteiger partial charge is 0.117 e. The Bertz CT molecular complexity index is 1000. The molecule has 0 bridgehead atoms. The summed E-state index contributed by atoms with van der Waals surface area (Å²) in [5, 5.41) is 11.1. The molecular formula is C22H26ClN3OS. The van der Waals surface area contributed by atoms with Crippen molar-refractivity contribution >= 4 is 39.2 Å². The van der Waals surface area contributed by atoms with Gasteiger partial charge in [0.25, 0.3) is 0 Å². The number of benzene rings is 2. The maximum Gasteiger partial charge on any atom is 0.117 e. The zero-order chi connectivity index (χ0) is 20.7. The number of halogens is 1. The Morgan fingerprint density at radius 2 is 1.86 bits per heavy atom. The van der Waals surface area contributed by atoms with Crippen molar-refractivity contribution in [3.8, 4) is 17.3 Å². The number of anilines is 1. The van der Waals surface area contributed by atoms with Crippen LogP contribution in [0.15, 0.2) is 42.5 Å². The van der Waals surface area contributed by atoms with Gasteiger partial charge in [0.1, 0.15) is 17.1 Å². The highest BCUT2D eigenvalue weighted by Gasteiger charge is 2.17. The van der Waals surface area contributed by atoms with Crippen LogP contribution in [0.5, 0.6) is 0 Å². The van der Waals surface area contributed by atoms with Crippen molar-refractivity contribution in [1.82, 2.24) is 4.57 Å². The number of nitrogens with one attached hydrogen (secondary N) is 1. The topological polar surface area (TPSA) is 57.8 Å². The Kier molecular flexibility index (Phi) is 8.10. The van der Waals surface area contributed by atoms with Gasteiger partial charge in [0.05, 0.1) is 11.3 Å². The lowest BCUT2D eigenvalue weighted by atomic mass is 10.1. The Labute approximate surface area is 174 Å². The summed E-state index contributed by atoms with van der Waals surface area (Å²) in [6, 6.07) is 15.6. The molecule has 1 heterocycles. The number of aryl methyl sites for hydroxylation is 1. The SMILES string of the molecule is CC.CCCCS(=O)Nc1ccc(-c2c(C#N)c3cc(Cl)ccc3n2C)cc1. The lowest BCUT2D eigenvalue weighted by molar-refractivity contribution is 0.683. The van der Waals surface area contributed by atoms with E-state index in [9.17, 15) is 9.47 Å². The number of fused-ring (bicyclic) bond motifs is 1. The van der Waals surface area contributed by atoms with E-state index in [1.165, 1.54) is 0 Å². The summed E-state index contributed by atoms with van der Waals surface area (Å²) >= 11 is 6.10. The first kappa shape index (κ1) is 22.0. The number of aromatic nitrogens is 1. The number of nitrogens with zero attached hydrogens (tertiary/aromatic N) is 2. The summed E-state index contributed by atoms with van der Waals surface area (Å²) in [6.07, 6.45) is 1.95. The van der Waals surface area contributed by atoms with Gasteiger partial charge in [0.15, 0.2) is 0 Å². The minimum Gasteiger partial charge on any atom is -0.343 e. The molecule has 1 atom stereocenters. The third kappa shape index (κ3) is 4.76. The molecule has 1 N–H and O–H groups in total. The first-order chi connectivity index (χ1) is 13.5. The van der Waals surface area contributed by atoms with Crippen molar-refractivity contribution in [2.75, 3.05) is 10.5 Å². The predicted octanol–water partition coefficient (Wildman–Crippen LogP) is 6.27. The van der Waals surface area contributed by atoms with Gasteiger partial charge >= 0.3 is 0 Å². The third-order valence-electron chi connectivity index (χ3n) is 4.35. The van der Waals surface area contributed by atoms with E-state index in [0.29, 0.717) is 16.3 Å². The largest absolute Gasteiger partial charge is 0.343 e. The van der Waals surface area contributed by atoms with Crippen molar-refractivity contribution in [2.45, 2.75) is 33.6 Å². The molecule has 28 heavy (non-hydrogen) atoms. The van der Waals surface area contributed by atoms with Crippen LogP contribution in [0.1, 0.15) is 39.2 Å². The normalized spacial score (nSPS) is 11.4. The number of nitriles is 1. The van der Waals surface area contributed by atoms with Crippen LogP contribution in [-0.2, 0) is 18.0 Å². The highest BCUT2D eigenvalue weighted by atomic mass is 35.5. The van der Waals surface area contributed by atoms with E-state index in [0.717, 1.165) is 40.7 Å². The highest BCUT2D eigenvalue weighted by Crippen LogP contribution is 2.34. The summed E-state index contributed by atoms with van der Waals surface area (Å²) in [5.74, 6) is 0.640. The fourth-order valence-electron chi connectivity index (χ4n) is 3.02. The fourth-order valence-corrected chi connectivity index (χ4v) is 4.25. The first-order valence-electron chi connectivity index (χ1n) is 9.48. The molecule has 0 spiro atoms. The Morgan fingerprint density at radius 1 is 1.18 bits per heavy atom. The zero-order valence-corrected chi connectivity index (χ0v) is 18.3. The Balaban J connectivity index is 0.00000136. The fraction of sp³-hybridized carbons (Fsp3) is 0.318. The quantitative estimate of drug-likeness (QED) is 0.515. The summed E-state index contributed by atoms with van der Waals surface area (Å²) in [7, 11) is 0.873. The molecule has 2 aromatic carbocycles. The molecule has 0 aliphatic carbocycles. The van der Waals surface area contributed by atoms with Gasteiger partial charge < -0.3 is 9.29 Å². The average Bonchev–Trinajstić information content (AvgIpc) is 2.99.